The predicted octanol–water partition coefficient (Wildman–Crippen LogP) is 3.18. The number of morpholine rings is 1. The van der Waals surface area contributed by atoms with Gasteiger partial charge in [-0.05, 0) is 11.0 Å². The van der Waals surface area contributed by atoms with Gasteiger partial charge in [0.05, 0.1) is 19.2 Å². The van der Waals surface area contributed by atoms with Crippen molar-refractivity contribution in [3.8, 4) is 0 Å². The lowest BCUT2D eigenvalue weighted by atomic mass is 9.87. The number of ether oxygens (including phenoxy) is 1. The van der Waals surface area contributed by atoms with Crippen LogP contribution in [0, 0.1) is 5.41 Å². The zero-order valence-electron chi connectivity index (χ0n) is 15.3. The minimum atomic E-state index is -0.163. The predicted molar refractivity (Wildman–Crippen MR) is 101 cm³/mol. The third-order valence-corrected chi connectivity index (χ3v) is 4.47. The van der Waals surface area contributed by atoms with E-state index in [1.165, 1.54) is 6.26 Å². The zero-order chi connectivity index (χ0) is 18.0. The molecule has 2 N–H and O–H groups in total. The maximum atomic E-state index is 12.9. The maximum absolute atomic E-state index is 12.9. The normalized spacial score (nSPS) is 20.5. The molecule has 1 aromatic carbocycles. The highest BCUT2D eigenvalue weighted by molar-refractivity contribution is 5.92. The number of amides is 1. The second-order valence-electron chi connectivity index (χ2n) is 7.43. The van der Waals surface area contributed by atoms with Gasteiger partial charge in [-0.25, -0.2) is 4.98 Å². The fourth-order valence-electron chi connectivity index (χ4n) is 2.92. The van der Waals surface area contributed by atoms with Crippen molar-refractivity contribution >= 4 is 18.3 Å². The molecule has 26 heavy (non-hydrogen) atoms. The second-order valence-corrected chi connectivity index (χ2v) is 7.43. The van der Waals surface area contributed by atoms with Crippen molar-refractivity contribution in [2.45, 2.75) is 39.5 Å². The van der Waals surface area contributed by atoms with Gasteiger partial charge < -0.3 is 19.8 Å². The largest absolute Gasteiger partial charge is 0.447 e. The van der Waals surface area contributed by atoms with Gasteiger partial charge in [0.2, 0.25) is 5.89 Å². The minimum absolute atomic E-state index is 0. The summed E-state index contributed by atoms with van der Waals surface area (Å²) in [4.78, 5) is 18.9. The van der Waals surface area contributed by atoms with Gasteiger partial charge in [-0.2, -0.15) is 0 Å². The number of carbonyl (C=O) groups excluding carboxylic acids is 1. The molecule has 3 rings (SSSR count). The van der Waals surface area contributed by atoms with Crippen LogP contribution in [0.5, 0.6) is 0 Å². The van der Waals surface area contributed by atoms with Crippen LogP contribution >= 0.6 is 12.4 Å². The van der Waals surface area contributed by atoms with Gasteiger partial charge in [-0.1, -0.05) is 51.1 Å². The lowest BCUT2D eigenvalue weighted by Gasteiger charge is -2.43. The van der Waals surface area contributed by atoms with Crippen LogP contribution in [0.1, 0.15) is 48.8 Å². The van der Waals surface area contributed by atoms with E-state index in [1.54, 1.807) is 4.90 Å². The summed E-state index contributed by atoms with van der Waals surface area (Å²) in [7, 11) is 0. The Morgan fingerprint density at radius 3 is 2.54 bits per heavy atom. The van der Waals surface area contributed by atoms with E-state index in [0.29, 0.717) is 24.7 Å². The number of benzene rings is 1. The van der Waals surface area contributed by atoms with Crippen molar-refractivity contribution in [2.24, 2.45) is 11.1 Å². The average Bonchev–Trinajstić information content (AvgIpc) is 3.10. The van der Waals surface area contributed by atoms with E-state index in [-0.39, 0.29) is 42.5 Å². The summed E-state index contributed by atoms with van der Waals surface area (Å²) in [5.74, 6) is 0.213. The number of aromatic nitrogens is 1. The van der Waals surface area contributed by atoms with E-state index < -0.39 is 0 Å². The van der Waals surface area contributed by atoms with Crippen LogP contribution in [0.2, 0.25) is 0 Å². The van der Waals surface area contributed by atoms with E-state index in [2.05, 4.69) is 25.8 Å². The van der Waals surface area contributed by atoms with E-state index in [0.717, 1.165) is 5.56 Å². The van der Waals surface area contributed by atoms with Crippen molar-refractivity contribution in [1.82, 2.24) is 9.88 Å². The Bertz CT molecular complexity index is 727. The maximum Gasteiger partial charge on any atom is 0.276 e. The molecule has 142 valence electrons. The van der Waals surface area contributed by atoms with Gasteiger partial charge in [-0.3, -0.25) is 4.79 Å². The number of rotatable bonds is 3. The van der Waals surface area contributed by atoms with Crippen molar-refractivity contribution in [3.05, 3.63) is 53.7 Å². The number of halogens is 1. The highest BCUT2D eigenvalue weighted by atomic mass is 35.5. The lowest BCUT2D eigenvalue weighted by molar-refractivity contribution is -0.119. The summed E-state index contributed by atoms with van der Waals surface area (Å²) in [5.41, 5.74) is 6.79. The molecule has 2 heterocycles. The Labute approximate surface area is 160 Å². The quantitative estimate of drug-likeness (QED) is 0.885. The van der Waals surface area contributed by atoms with E-state index in [9.17, 15) is 4.79 Å². The van der Waals surface area contributed by atoms with Gasteiger partial charge in [0, 0.05) is 6.54 Å². The molecule has 1 aliphatic heterocycles. The number of carbonyl (C=O) groups is 1. The SMILES string of the molecule is CC(C)(C)[C@H]1CN(C(=O)c2coc(CN)n2)C[C@@H](c2ccccc2)O1.Cl. The first-order valence-corrected chi connectivity index (χ1v) is 8.52. The number of hydrogen-bond donors (Lipinski definition) is 1. The van der Waals surface area contributed by atoms with Gasteiger partial charge in [0.1, 0.15) is 12.4 Å². The molecule has 2 aromatic rings. The topological polar surface area (TPSA) is 81.6 Å². The van der Waals surface area contributed by atoms with Crippen LogP contribution in [0.15, 0.2) is 41.0 Å². The first-order chi connectivity index (χ1) is 11.9. The molecule has 1 aromatic heterocycles. The Kier molecular flexibility index (Phi) is 6.44. The first-order valence-electron chi connectivity index (χ1n) is 8.52. The van der Waals surface area contributed by atoms with Crippen molar-refractivity contribution in [3.63, 3.8) is 0 Å². The van der Waals surface area contributed by atoms with Crippen LogP contribution < -0.4 is 5.73 Å². The first kappa shape index (κ1) is 20.4. The highest BCUT2D eigenvalue weighted by Gasteiger charge is 2.38. The Morgan fingerprint density at radius 1 is 1.27 bits per heavy atom. The Hall–Kier alpha value is -1.89. The van der Waals surface area contributed by atoms with Crippen molar-refractivity contribution in [2.75, 3.05) is 13.1 Å². The summed E-state index contributed by atoms with van der Waals surface area (Å²) in [6.07, 6.45) is 1.14. The number of oxazole rings is 1. The fraction of sp³-hybridized carbons (Fsp3) is 0.474. The molecular formula is C19H26ClN3O3. The number of nitrogens with two attached hydrogens (primary N) is 1. The number of hydrogen-bond acceptors (Lipinski definition) is 5. The smallest absolute Gasteiger partial charge is 0.276 e. The van der Waals surface area contributed by atoms with Crippen LogP contribution in [0.25, 0.3) is 0 Å². The van der Waals surface area contributed by atoms with Gasteiger partial charge in [0.25, 0.3) is 5.91 Å². The molecule has 1 aliphatic rings. The molecule has 1 fully saturated rings. The lowest BCUT2D eigenvalue weighted by Crippen LogP contribution is -2.51. The van der Waals surface area contributed by atoms with E-state index in [4.69, 9.17) is 14.9 Å². The Balaban J connectivity index is 0.00000243. The summed E-state index contributed by atoms with van der Waals surface area (Å²) >= 11 is 0. The van der Waals surface area contributed by atoms with Crippen LogP contribution in [-0.2, 0) is 11.3 Å². The fourth-order valence-corrected chi connectivity index (χ4v) is 2.92. The van der Waals surface area contributed by atoms with Gasteiger partial charge in [0.15, 0.2) is 5.69 Å². The van der Waals surface area contributed by atoms with Crippen LogP contribution in [-0.4, -0.2) is 35.0 Å². The number of nitrogens with zero attached hydrogens (tertiary/aromatic N) is 2. The summed E-state index contributed by atoms with van der Waals surface area (Å²) in [5, 5.41) is 0. The van der Waals surface area contributed by atoms with Gasteiger partial charge in [-0.15, -0.1) is 12.4 Å². The minimum Gasteiger partial charge on any atom is -0.447 e. The van der Waals surface area contributed by atoms with E-state index >= 15 is 0 Å². The summed E-state index contributed by atoms with van der Waals surface area (Å²) in [6.45, 7) is 7.55. The molecule has 1 saturated heterocycles. The molecule has 1 amide bonds. The molecule has 0 radical (unpaired) electrons. The molecular weight excluding hydrogens is 354 g/mol. The highest BCUT2D eigenvalue weighted by Crippen LogP contribution is 2.33. The molecule has 6 nitrogen and oxygen atoms in total. The summed E-state index contributed by atoms with van der Waals surface area (Å²) < 4.78 is 11.5. The molecule has 2 atom stereocenters. The Morgan fingerprint density at radius 2 is 1.96 bits per heavy atom. The van der Waals surface area contributed by atoms with Crippen molar-refractivity contribution in [1.29, 1.82) is 0 Å². The zero-order valence-corrected chi connectivity index (χ0v) is 16.2. The third-order valence-electron chi connectivity index (χ3n) is 4.47. The van der Waals surface area contributed by atoms with Crippen LogP contribution in [0.4, 0.5) is 0 Å². The monoisotopic (exact) mass is 379 g/mol. The molecule has 0 spiro atoms. The molecule has 7 heteroatoms. The molecule has 0 saturated carbocycles. The average molecular weight is 380 g/mol. The van der Waals surface area contributed by atoms with E-state index in [1.807, 2.05) is 30.3 Å². The van der Waals surface area contributed by atoms with Crippen LogP contribution in [0.3, 0.4) is 0 Å². The second kappa shape index (κ2) is 8.20. The summed E-state index contributed by atoms with van der Waals surface area (Å²) in [6, 6.07) is 10.00. The van der Waals surface area contributed by atoms with Gasteiger partial charge >= 0.3 is 0 Å². The third kappa shape index (κ3) is 4.44. The molecule has 0 unspecified atom stereocenters. The molecule has 0 aliphatic carbocycles. The van der Waals surface area contributed by atoms with Crippen molar-refractivity contribution < 1.29 is 13.9 Å². The molecule has 0 bridgehead atoms. The standard InChI is InChI=1S/C19H25N3O3.ClH/c1-19(2,3)16-11-22(18(23)14-12-24-17(9-20)21-14)10-15(25-16)13-7-5-4-6-8-13;/h4-8,12,15-16H,9-11,20H2,1-3H3;1H/t15-,16+;/m0./s1.